The predicted molar refractivity (Wildman–Crippen MR) is 100 cm³/mol. The van der Waals surface area contributed by atoms with Gasteiger partial charge in [0, 0.05) is 44.4 Å². The summed E-state index contributed by atoms with van der Waals surface area (Å²) in [6.45, 7) is 4.76. The van der Waals surface area contributed by atoms with Crippen LogP contribution < -0.4 is 10.1 Å². The maximum Gasteiger partial charge on any atom is 0.227 e. The Labute approximate surface area is 152 Å². The first-order valence-corrected chi connectivity index (χ1v) is 8.98. The number of hydrogen-bond acceptors (Lipinski definition) is 6. The van der Waals surface area contributed by atoms with Gasteiger partial charge in [0.2, 0.25) is 5.89 Å². The second-order valence-corrected chi connectivity index (χ2v) is 6.53. The number of rotatable bonds is 6. The molecule has 1 aliphatic heterocycles. The molecule has 6 heteroatoms. The van der Waals surface area contributed by atoms with Crippen LogP contribution >= 0.6 is 0 Å². The molecule has 2 aromatic carbocycles. The second-order valence-electron chi connectivity index (χ2n) is 6.53. The lowest BCUT2D eigenvalue weighted by molar-refractivity contribution is 0.0642. The van der Waals surface area contributed by atoms with Crippen LogP contribution in [0.15, 0.2) is 52.9 Å². The molecule has 26 heavy (non-hydrogen) atoms. The van der Waals surface area contributed by atoms with E-state index in [-0.39, 0.29) is 6.61 Å². The van der Waals surface area contributed by atoms with Crippen LogP contribution in [-0.2, 0) is 0 Å². The predicted octanol–water partition coefficient (Wildman–Crippen LogP) is 2.14. The number of fused-ring (bicyclic) bond motifs is 1. The van der Waals surface area contributed by atoms with Crippen molar-refractivity contribution in [3.05, 3.63) is 48.5 Å². The molecular formula is C20H23N3O3. The van der Waals surface area contributed by atoms with E-state index in [1.54, 1.807) is 0 Å². The van der Waals surface area contributed by atoms with Crippen molar-refractivity contribution in [1.82, 2.24) is 15.2 Å². The highest BCUT2D eigenvalue weighted by Crippen LogP contribution is 2.26. The van der Waals surface area contributed by atoms with Crippen LogP contribution in [0.4, 0.5) is 0 Å². The first-order valence-electron chi connectivity index (χ1n) is 8.98. The molecule has 1 aliphatic rings. The first kappa shape index (κ1) is 17.0. The minimum absolute atomic E-state index is 0.263. The van der Waals surface area contributed by atoms with Crippen molar-refractivity contribution >= 4 is 11.1 Å². The van der Waals surface area contributed by atoms with Gasteiger partial charge < -0.3 is 19.6 Å². The Balaban J connectivity index is 1.39. The summed E-state index contributed by atoms with van der Waals surface area (Å²) >= 11 is 0. The number of oxazole rings is 1. The van der Waals surface area contributed by atoms with Gasteiger partial charge in [-0.3, -0.25) is 4.90 Å². The molecule has 0 saturated carbocycles. The second kappa shape index (κ2) is 7.86. The molecule has 3 aromatic rings. The molecule has 0 unspecified atom stereocenters. The Morgan fingerprint density at radius 1 is 1.15 bits per heavy atom. The number of β-amino-alcohol motifs (C(OH)–C–C–N with tert-alkyl or cyclic N) is 1. The molecular weight excluding hydrogens is 330 g/mol. The molecule has 6 nitrogen and oxygen atoms in total. The summed E-state index contributed by atoms with van der Waals surface area (Å²) in [6.07, 6.45) is -0.513. The van der Waals surface area contributed by atoms with Gasteiger partial charge in [0.25, 0.3) is 0 Å². The molecule has 2 N–H and O–H groups in total. The zero-order valence-corrected chi connectivity index (χ0v) is 14.6. The van der Waals surface area contributed by atoms with Crippen molar-refractivity contribution in [3.8, 4) is 17.2 Å². The number of ether oxygens (including phenoxy) is 1. The fraction of sp³-hybridized carbons (Fsp3) is 0.350. The molecule has 136 valence electrons. The average Bonchev–Trinajstić information content (AvgIpc) is 3.11. The number of nitrogens with one attached hydrogen (secondary N) is 1. The van der Waals surface area contributed by atoms with Crippen molar-refractivity contribution in [2.24, 2.45) is 0 Å². The summed E-state index contributed by atoms with van der Waals surface area (Å²) in [5, 5.41) is 13.5. The average molecular weight is 353 g/mol. The van der Waals surface area contributed by atoms with E-state index < -0.39 is 6.10 Å². The highest BCUT2D eigenvalue weighted by atomic mass is 16.5. The van der Waals surface area contributed by atoms with Crippen molar-refractivity contribution in [3.63, 3.8) is 0 Å². The van der Waals surface area contributed by atoms with E-state index in [2.05, 4.69) is 15.2 Å². The van der Waals surface area contributed by atoms with Crippen molar-refractivity contribution in [2.45, 2.75) is 6.10 Å². The molecule has 1 saturated heterocycles. The van der Waals surface area contributed by atoms with Crippen molar-refractivity contribution < 1.29 is 14.3 Å². The highest BCUT2D eigenvalue weighted by Gasteiger charge is 2.15. The third-order valence-electron chi connectivity index (χ3n) is 4.50. The zero-order valence-electron chi connectivity index (χ0n) is 14.6. The number of aliphatic hydroxyl groups excluding tert-OH is 1. The summed E-state index contributed by atoms with van der Waals surface area (Å²) < 4.78 is 11.6. The van der Waals surface area contributed by atoms with E-state index >= 15 is 0 Å². The highest BCUT2D eigenvalue weighted by molar-refractivity contribution is 5.77. The van der Waals surface area contributed by atoms with Gasteiger partial charge in [-0.1, -0.05) is 18.2 Å². The number of hydrogen-bond donors (Lipinski definition) is 2. The lowest BCUT2D eigenvalue weighted by Gasteiger charge is -2.28. The van der Waals surface area contributed by atoms with Crippen LogP contribution in [0.25, 0.3) is 22.6 Å². The third-order valence-corrected chi connectivity index (χ3v) is 4.50. The van der Waals surface area contributed by atoms with Gasteiger partial charge in [-0.15, -0.1) is 0 Å². The van der Waals surface area contributed by atoms with Gasteiger partial charge in [0.05, 0.1) is 0 Å². The van der Waals surface area contributed by atoms with E-state index in [0.717, 1.165) is 42.8 Å². The Kier molecular flexibility index (Phi) is 5.15. The van der Waals surface area contributed by atoms with Crippen LogP contribution in [0.2, 0.25) is 0 Å². The lowest BCUT2D eigenvalue weighted by Crippen LogP contribution is -2.47. The molecule has 0 amide bonds. The minimum atomic E-state index is -0.513. The Morgan fingerprint density at radius 3 is 2.77 bits per heavy atom. The number of nitrogens with zero attached hydrogens (tertiary/aromatic N) is 2. The lowest BCUT2D eigenvalue weighted by atomic mass is 10.2. The molecule has 1 aromatic heterocycles. The van der Waals surface area contributed by atoms with Gasteiger partial charge in [-0.2, -0.15) is 0 Å². The SMILES string of the molecule is O[C@@H](COc1ccc2oc(-c3ccccc3)nc2c1)CN1CCNCC1. The number of benzene rings is 2. The Morgan fingerprint density at radius 2 is 1.96 bits per heavy atom. The number of piperazine rings is 1. The first-order chi connectivity index (χ1) is 12.8. The van der Waals surface area contributed by atoms with Crippen LogP contribution in [0.1, 0.15) is 0 Å². The molecule has 4 rings (SSSR count). The largest absolute Gasteiger partial charge is 0.491 e. The topological polar surface area (TPSA) is 70.8 Å². The minimum Gasteiger partial charge on any atom is -0.491 e. The van der Waals surface area contributed by atoms with E-state index in [9.17, 15) is 5.11 Å². The zero-order chi connectivity index (χ0) is 17.8. The molecule has 0 spiro atoms. The normalized spacial score (nSPS) is 16.7. The maximum atomic E-state index is 10.2. The Hall–Kier alpha value is -2.41. The molecule has 2 heterocycles. The standard InChI is InChI=1S/C20H23N3O3/c24-16(13-23-10-8-21-9-11-23)14-25-17-6-7-19-18(12-17)22-20(26-19)15-4-2-1-3-5-15/h1-7,12,16,21,24H,8-11,13-14H2/t16-/m1/s1. The third kappa shape index (κ3) is 4.04. The monoisotopic (exact) mass is 353 g/mol. The summed E-state index contributed by atoms with van der Waals surface area (Å²) in [5.74, 6) is 1.28. The number of aliphatic hydroxyl groups is 1. The van der Waals surface area contributed by atoms with Gasteiger partial charge in [-0.25, -0.2) is 4.98 Å². The number of aromatic nitrogens is 1. The van der Waals surface area contributed by atoms with E-state index in [1.165, 1.54) is 0 Å². The van der Waals surface area contributed by atoms with Crippen molar-refractivity contribution in [2.75, 3.05) is 39.3 Å². The van der Waals surface area contributed by atoms with Crippen LogP contribution in [0.5, 0.6) is 5.75 Å². The summed E-state index contributed by atoms with van der Waals surface area (Å²) in [7, 11) is 0. The smallest absolute Gasteiger partial charge is 0.227 e. The maximum absolute atomic E-state index is 10.2. The fourth-order valence-corrected chi connectivity index (χ4v) is 3.14. The van der Waals surface area contributed by atoms with Gasteiger partial charge in [0.15, 0.2) is 5.58 Å². The molecule has 1 atom stereocenters. The molecule has 0 radical (unpaired) electrons. The fourth-order valence-electron chi connectivity index (χ4n) is 3.14. The van der Waals surface area contributed by atoms with Crippen LogP contribution in [0, 0.1) is 0 Å². The molecule has 0 aliphatic carbocycles. The Bertz CT molecular complexity index is 844. The molecule has 1 fully saturated rings. The summed E-state index contributed by atoms with van der Waals surface area (Å²) in [5.41, 5.74) is 2.41. The van der Waals surface area contributed by atoms with Crippen LogP contribution in [-0.4, -0.2) is 60.4 Å². The van der Waals surface area contributed by atoms with Crippen LogP contribution in [0.3, 0.4) is 0 Å². The molecule has 0 bridgehead atoms. The summed E-state index contributed by atoms with van der Waals surface area (Å²) in [4.78, 5) is 6.79. The quantitative estimate of drug-likeness (QED) is 0.708. The van der Waals surface area contributed by atoms with Gasteiger partial charge >= 0.3 is 0 Å². The van der Waals surface area contributed by atoms with E-state index in [0.29, 0.717) is 18.2 Å². The van der Waals surface area contributed by atoms with Crippen molar-refractivity contribution in [1.29, 1.82) is 0 Å². The van der Waals surface area contributed by atoms with E-state index in [4.69, 9.17) is 9.15 Å². The summed E-state index contributed by atoms with van der Waals surface area (Å²) in [6, 6.07) is 15.4. The van der Waals surface area contributed by atoms with Gasteiger partial charge in [0.1, 0.15) is 24.0 Å². The van der Waals surface area contributed by atoms with Gasteiger partial charge in [-0.05, 0) is 24.3 Å². The van der Waals surface area contributed by atoms with E-state index in [1.807, 2.05) is 48.5 Å².